The van der Waals surface area contributed by atoms with Gasteiger partial charge in [-0.25, -0.2) is 0 Å². The Morgan fingerprint density at radius 2 is 1.46 bits per heavy atom. The standard InChI is InChI=1S/C18H30N2O8/c1-2-19-17-4-3-16(20(22)23)15-18(17)28-14-13-27-12-11-26-10-9-25-8-7-24-6-5-21/h3-4,15,19,21H,2,5-14H2,1H3. The molecule has 0 amide bonds. The molecule has 28 heavy (non-hydrogen) atoms. The molecule has 2 N–H and O–H groups in total. The zero-order valence-electron chi connectivity index (χ0n) is 16.3. The minimum Gasteiger partial charge on any atom is -0.489 e. The summed E-state index contributed by atoms with van der Waals surface area (Å²) in [4.78, 5) is 10.4. The van der Waals surface area contributed by atoms with E-state index >= 15 is 0 Å². The van der Waals surface area contributed by atoms with E-state index in [1.165, 1.54) is 12.1 Å². The number of rotatable bonds is 18. The van der Waals surface area contributed by atoms with Gasteiger partial charge in [0, 0.05) is 12.6 Å². The van der Waals surface area contributed by atoms with Gasteiger partial charge in [0.05, 0.1) is 76.1 Å². The van der Waals surface area contributed by atoms with E-state index < -0.39 is 4.92 Å². The van der Waals surface area contributed by atoms with Crippen molar-refractivity contribution < 1.29 is 33.7 Å². The Morgan fingerprint density at radius 1 is 0.929 bits per heavy atom. The number of anilines is 1. The van der Waals surface area contributed by atoms with Crippen LogP contribution in [-0.4, -0.2) is 82.6 Å². The van der Waals surface area contributed by atoms with Crippen molar-refractivity contribution in [3.63, 3.8) is 0 Å². The molecule has 10 heteroatoms. The molecule has 1 aromatic rings. The number of aliphatic hydroxyl groups excluding tert-OH is 1. The van der Waals surface area contributed by atoms with E-state index in [9.17, 15) is 10.1 Å². The summed E-state index contributed by atoms with van der Waals surface area (Å²) in [6, 6.07) is 4.47. The largest absolute Gasteiger partial charge is 0.489 e. The van der Waals surface area contributed by atoms with Crippen molar-refractivity contribution in [2.24, 2.45) is 0 Å². The van der Waals surface area contributed by atoms with Crippen LogP contribution in [0.4, 0.5) is 11.4 Å². The molecule has 0 unspecified atom stereocenters. The maximum absolute atomic E-state index is 10.9. The van der Waals surface area contributed by atoms with Gasteiger partial charge >= 0.3 is 0 Å². The lowest BCUT2D eigenvalue weighted by molar-refractivity contribution is -0.384. The minimum absolute atomic E-state index is 0.0101. The monoisotopic (exact) mass is 402 g/mol. The van der Waals surface area contributed by atoms with Crippen molar-refractivity contribution in [1.29, 1.82) is 0 Å². The molecule has 0 spiro atoms. The summed E-state index contributed by atoms with van der Waals surface area (Å²) < 4.78 is 26.7. The first-order chi connectivity index (χ1) is 13.7. The van der Waals surface area contributed by atoms with Crippen molar-refractivity contribution in [2.45, 2.75) is 6.92 Å². The molecule has 0 aliphatic heterocycles. The number of hydrogen-bond donors (Lipinski definition) is 2. The topological polar surface area (TPSA) is 122 Å². The lowest BCUT2D eigenvalue weighted by atomic mass is 10.2. The number of nitrogens with zero attached hydrogens (tertiary/aromatic N) is 1. The zero-order valence-corrected chi connectivity index (χ0v) is 16.3. The first-order valence-electron chi connectivity index (χ1n) is 9.26. The Hall–Kier alpha value is -1.98. The first-order valence-corrected chi connectivity index (χ1v) is 9.26. The van der Waals surface area contributed by atoms with Gasteiger partial charge in [0.1, 0.15) is 12.4 Å². The molecule has 160 valence electrons. The van der Waals surface area contributed by atoms with E-state index in [1.54, 1.807) is 6.07 Å². The number of nitrogens with one attached hydrogen (secondary N) is 1. The SMILES string of the molecule is CCNc1ccc([N+](=O)[O-])cc1OCCOCCOCCOCCOCCO. The summed E-state index contributed by atoms with van der Waals surface area (Å²) in [6.07, 6.45) is 0. The molecule has 0 aromatic heterocycles. The van der Waals surface area contributed by atoms with Crippen molar-refractivity contribution in [3.05, 3.63) is 28.3 Å². The summed E-state index contributed by atoms with van der Waals surface area (Å²) in [5.41, 5.74) is 0.686. The van der Waals surface area contributed by atoms with Crippen molar-refractivity contribution in [2.75, 3.05) is 77.9 Å². The van der Waals surface area contributed by atoms with Crippen molar-refractivity contribution >= 4 is 11.4 Å². The Balaban J connectivity index is 2.07. The lowest BCUT2D eigenvalue weighted by Gasteiger charge is -2.12. The van der Waals surface area contributed by atoms with Crippen molar-refractivity contribution in [3.8, 4) is 5.75 Å². The molecular weight excluding hydrogens is 372 g/mol. The molecule has 0 saturated carbocycles. The summed E-state index contributed by atoms with van der Waals surface area (Å²) in [6.45, 7) is 6.24. The molecule has 0 bridgehead atoms. The Labute approximate surface area is 164 Å². The number of aliphatic hydroxyl groups is 1. The van der Waals surface area contributed by atoms with Crippen LogP contribution in [0.3, 0.4) is 0 Å². The predicted octanol–water partition coefficient (Wildman–Crippen LogP) is 1.46. The van der Waals surface area contributed by atoms with E-state index in [-0.39, 0.29) is 18.9 Å². The van der Waals surface area contributed by atoms with Gasteiger partial charge in [-0.3, -0.25) is 10.1 Å². The molecular formula is C18H30N2O8. The van der Waals surface area contributed by atoms with Crippen LogP contribution in [0.25, 0.3) is 0 Å². The second kappa shape index (κ2) is 16.0. The van der Waals surface area contributed by atoms with E-state index in [0.717, 1.165) is 0 Å². The fourth-order valence-corrected chi connectivity index (χ4v) is 2.12. The lowest BCUT2D eigenvalue weighted by Crippen LogP contribution is -2.14. The average molecular weight is 402 g/mol. The highest BCUT2D eigenvalue weighted by Gasteiger charge is 2.11. The predicted molar refractivity (Wildman–Crippen MR) is 103 cm³/mol. The Morgan fingerprint density at radius 3 is 1.96 bits per heavy atom. The summed E-state index contributed by atoms with van der Waals surface area (Å²) in [5, 5.41) is 22.5. The smallest absolute Gasteiger partial charge is 0.273 e. The minimum atomic E-state index is -0.456. The fraction of sp³-hybridized carbons (Fsp3) is 0.667. The normalized spacial score (nSPS) is 10.8. The quantitative estimate of drug-likeness (QED) is 0.213. The molecule has 0 saturated heterocycles. The van der Waals surface area contributed by atoms with Gasteiger partial charge in [0.25, 0.3) is 5.69 Å². The van der Waals surface area contributed by atoms with Gasteiger partial charge in [0.2, 0.25) is 0 Å². The molecule has 1 rings (SSSR count). The molecule has 0 heterocycles. The van der Waals surface area contributed by atoms with Gasteiger partial charge in [-0.15, -0.1) is 0 Å². The molecule has 0 atom stereocenters. The number of ether oxygens (including phenoxy) is 5. The Kier molecular flexibility index (Phi) is 13.8. The summed E-state index contributed by atoms with van der Waals surface area (Å²) in [7, 11) is 0. The number of nitro groups is 1. The van der Waals surface area contributed by atoms with Gasteiger partial charge in [0.15, 0.2) is 0 Å². The Bertz CT molecular complexity index is 544. The van der Waals surface area contributed by atoms with Crippen molar-refractivity contribution in [1.82, 2.24) is 0 Å². The highest BCUT2D eigenvalue weighted by molar-refractivity contribution is 5.60. The number of nitro benzene ring substituents is 1. The van der Waals surface area contributed by atoms with E-state index in [2.05, 4.69) is 5.32 Å². The summed E-state index contributed by atoms with van der Waals surface area (Å²) >= 11 is 0. The maximum Gasteiger partial charge on any atom is 0.273 e. The third-order valence-corrected chi connectivity index (χ3v) is 3.38. The molecule has 0 aliphatic carbocycles. The summed E-state index contributed by atoms with van der Waals surface area (Å²) in [5.74, 6) is 0.427. The van der Waals surface area contributed by atoms with Crippen LogP contribution in [0.1, 0.15) is 6.92 Å². The second-order valence-electron chi connectivity index (χ2n) is 5.49. The van der Waals surface area contributed by atoms with Gasteiger partial charge < -0.3 is 34.1 Å². The van der Waals surface area contributed by atoms with Gasteiger partial charge in [-0.05, 0) is 13.0 Å². The number of non-ortho nitro benzene ring substituents is 1. The van der Waals surface area contributed by atoms with Crippen LogP contribution in [0.15, 0.2) is 18.2 Å². The third kappa shape index (κ3) is 11.0. The van der Waals surface area contributed by atoms with Crippen LogP contribution in [0.2, 0.25) is 0 Å². The van der Waals surface area contributed by atoms with Crippen LogP contribution in [0, 0.1) is 10.1 Å². The fourth-order valence-electron chi connectivity index (χ4n) is 2.12. The molecule has 0 fully saturated rings. The third-order valence-electron chi connectivity index (χ3n) is 3.38. The second-order valence-corrected chi connectivity index (χ2v) is 5.49. The first kappa shape index (κ1) is 24.1. The molecule has 0 aliphatic rings. The van der Waals surface area contributed by atoms with Crippen LogP contribution in [0.5, 0.6) is 5.75 Å². The molecule has 0 radical (unpaired) electrons. The van der Waals surface area contributed by atoms with E-state index in [0.29, 0.717) is 70.8 Å². The molecule has 1 aromatic carbocycles. The van der Waals surface area contributed by atoms with E-state index in [1.807, 2.05) is 6.92 Å². The van der Waals surface area contributed by atoms with E-state index in [4.69, 9.17) is 28.8 Å². The zero-order chi connectivity index (χ0) is 20.5. The highest BCUT2D eigenvalue weighted by Crippen LogP contribution is 2.29. The van der Waals surface area contributed by atoms with Crippen LogP contribution >= 0.6 is 0 Å². The highest BCUT2D eigenvalue weighted by atomic mass is 16.6. The number of hydrogen-bond acceptors (Lipinski definition) is 9. The maximum atomic E-state index is 10.9. The van der Waals surface area contributed by atoms with Crippen LogP contribution in [-0.2, 0) is 18.9 Å². The van der Waals surface area contributed by atoms with Gasteiger partial charge in [-0.2, -0.15) is 0 Å². The molecule has 10 nitrogen and oxygen atoms in total. The van der Waals surface area contributed by atoms with Crippen LogP contribution < -0.4 is 10.1 Å². The average Bonchev–Trinajstić information content (AvgIpc) is 2.69. The van der Waals surface area contributed by atoms with Gasteiger partial charge in [-0.1, -0.05) is 0 Å². The number of benzene rings is 1.